The number of fused-ring (bicyclic) bond motifs is 1. The van der Waals surface area contributed by atoms with Gasteiger partial charge in [-0.1, -0.05) is 6.07 Å². The second kappa shape index (κ2) is 5.99. The quantitative estimate of drug-likeness (QED) is 0.518. The lowest BCUT2D eigenvalue weighted by Crippen LogP contribution is -2.02. The predicted octanol–water partition coefficient (Wildman–Crippen LogP) is 3.56. The summed E-state index contributed by atoms with van der Waals surface area (Å²) < 4.78 is 1.80. The van der Waals surface area contributed by atoms with Crippen LogP contribution in [0.4, 0.5) is 0 Å². The van der Waals surface area contributed by atoms with Crippen LogP contribution in [0, 0.1) is 13.8 Å². The van der Waals surface area contributed by atoms with Crippen LogP contribution in [-0.4, -0.2) is 30.2 Å². The number of aromatic nitrogens is 6. The fourth-order valence-electron chi connectivity index (χ4n) is 2.23. The highest BCUT2D eigenvalue weighted by Crippen LogP contribution is 2.36. The van der Waals surface area contributed by atoms with Crippen LogP contribution in [0.3, 0.4) is 0 Å². The zero-order valence-electron chi connectivity index (χ0n) is 12.4. The summed E-state index contributed by atoms with van der Waals surface area (Å²) in [5, 5.41) is 16.9. The molecule has 0 atom stereocenters. The van der Waals surface area contributed by atoms with Crippen molar-refractivity contribution in [1.82, 2.24) is 30.2 Å². The highest BCUT2D eigenvalue weighted by Gasteiger charge is 2.16. The first-order valence-corrected chi connectivity index (χ1v) is 9.40. The fraction of sp³-hybridized carbons (Fsp3) is 0.214. The van der Waals surface area contributed by atoms with E-state index in [1.54, 1.807) is 33.7 Å². The van der Waals surface area contributed by atoms with Crippen molar-refractivity contribution < 1.29 is 0 Å². The topological polar surface area (TPSA) is 69.4 Å². The molecule has 0 amide bonds. The van der Waals surface area contributed by atoms with Crippen molar-refractivity contribution in [2.24, 2.45) is 0 Å². The predicted molar refractivity (Wildman–Crippen MR) is 92.3 cm³/mol. The van der Waals surface area contributed by atoms with Gasteiger partial charge in [0.25, 0.3) is 0 Å². The standard InChI is InChI=1S/C14H12N6S3/c1-8-9(2)22-12-11(8)13(16-7-15-12)23-14-17-18-19-20(14)6-10-4-3-5-21-10/h3-5,7H,6H2,1-2H3. The van der Waals surface area contributed by atoms with E-state index < -0.39 is 0 Å². The summed E-state index contributed by atoms with van der Waals surface area (Å²) in [5.74, 6) is 0. The van der Waals surface area contributed by atoms with Gasteiger partial charge in [-0.05, 0) is 53.0 Å². The molecule has 4 rings (SSSR count). The molecular weight excluding hydrogens is 348 g/mol. The molecule has 0 saturated carbocycles. The molecule has 0 radical (unpaired) electrons. The summed E-state index contributed by atoms with van der Waals surface area (Å²) >= 11 is 4.87. The number of hydrogen-bond acceptors (Lipinski definition) is 8. The van der Waals surface area contributed by atoms with Gasteiger partial charge in [0.1, 0.15) is 16.2 Å². The molecule has 4 aromatic rings. The number of tetrazole rings is 1. The Hall–Kier alpha value is -1.84. The molecule has 0 aliphatic rings. The lowest BCUT2D eigenvalue weighted by Gasteiger charge is -2.04. The highest BCUT2D eigenvalue weighted by atomic mass is 32.2. The molecule has 4 heterocycles. The Kier molecular flexibility index (Phi) is 3.83. The maximum atomic E-state index is 4.45. The van der Waals surface area contributed by atoms with E-state index in [1.165, 1.54) is 27.1 Å². The molecule has 0 saturated heterocycles. The molecule has 116 valence electrons. The third kappa shape index (κ3) is 2.75. The third-order valence-corrected chi connectivity index (χ3v) is 6.46. The van der Waals surface area contributed by atoms with Crippen LogP contribution < -0.4 is 0 Å². The van der Waals surface area contributed by atoms with Gasteiger partial charge >= 0.3 is 0 Å². The van der Waals surface area contributed by atoms with Crippen LogP contribution in [0.2, 0.25) is 0 Å². The molecule has 0 bridgehead atoms. The molecule has 0 N–H and O–H groups in total. The van der Waals surface area contributed by atoms with E-state index in [2.05, 4.69) is 50.8 Å². The minimum absolute atomic E-state index is 0.670. The van der Waals surface area contributed by atoms with Gasteiger partial charge in [0.05, 0.1) is 6.54 Å². The number of nitrogens with zero attached hydrogens (tertiary/aromatic N) is 6. The molecule has 0 unspecified atom stereocenters. The molecule has 0 aromatic carbocycles. The van der Waals surface area contributed by atoms with Gasteiger partial charge < -0.3 is 0 Å². The minimum Gasteiger partial charge on any atom is -0.229 e. The van der Waals surface area contributed by atoms with Crippen LogP contribution in [0.5, 0.6) is 0 Å². The molecule has 23 heavy (non-hydrogen) atoms. The summed E-state index contributed by atoms with van der Waals surface area (Å²) in [6, 6.07) is 4.11. The maximum absolute atomic E-state index is 4.45. The van der Waals surface area contributed by atoms with Crippen molar-refractivity contribution in [2.75, 3.05) is 0 Å². The molecule has 6 nitrogen and oxygen atoms in total. The monoisotopic (exact) mass is 360 g/mol. The van der Waals surface area contributed by atoms with Crippen LogP contribution >= 0.6 is 34.4 Å². The van der Waals surface area contributed by atoms with Gasteiger partial charge in [-0.2, -0.15) is 0 Å². The molecule has 0 fully saturated rings. The van der Waals surface area contributed by atoms with Crippen molar-refractivity contribution in [1.29, 1.82) is 0 Å². The zero-order valence-corrected chi connectivity index (χ0v) is 14.9. The van der Waals surface area contributed by atoms with E-state index >= 15 is 0 Å². The van der Waals surface area contributed by atoms with E-state index in [-0.39, 0.29) is 0 Å². The Balaban J connectivity index is 1.71. The first kappa shape index (κ1) is 14.7. The lowest BCUT2D eigenvalue weighted by molar-refractivity contribution is 0.608. The maximum Gasteiger partial charge on any atom is 0.215 e. The number of thiophene rings is 2. The summed E-state index contributed by atoms with van der Waals surface area (Å²) in [5.41, 5.74) is 1.23. The number of aryl methyl sites for hydroxylation is 2. The summed E-state index contributed by atoms with van der Waals surface area (Å²) in [6.45, 7) is 4.88. The van der Waals surface area contributed by atoms with E-state index in [4.69, 9.17) is 0 Å². The van der Waals surface area contributed by atoms with Crippen molar-refractivity contribution in [3.8, 4) is 0 Å². The zero-order chi connectivity index (χ0) is 15.8. The second-order valence-electron chi connectivity index (χ2n) is 4.94. The average molecular weight is 360 g/mol. The normalized spacial score (nSPS) is 11.4. The Morgan fingerprint density at radius 3 is 3.00 bits per heavy atom. The van der Waals surface area contributed by atoms with Gasteiger partial charge in [-0.15, -0.1) is 27.8 Å². The molecule has 0 spiro atoms. The number of rotatable bonds is 4. The van der Waals surface area contributed by atoms with E-state index in [9.17, 15) is 0 Å². The van der Waals surface area contributed by atoms with Gasteiger partial charge in [0, 0.05) is 15.1 Å². The van der Waals surface area contributed by atoms with Crippen LogP contribution in [0.15, 0.2) is 34.0 Å². The lowest BCUT2D eigenvalue weighted by atomic mass is 10.2. The summed E-state index contributed by atoms with van der Waals surface area (Å²) in [6.07, 6.45) is 1.60. The Labute approximate surface area is 144 Å². The van der Waals surface area contributed by atoms with Crippen molar-refractivity contribution in [3.05, 3.63) is 39.2 Å². The molecule has 0 aliphatic carbocycles. The average Bonchev–Trinajstić information content (AvgIpc) is 3.25. The second-order valence-corrected chi connectivity index (χ2v) is 8.13. The van der Waals surface area contributed by atoms with Gasteiger partial charge in [0.15, 0.2) is 0 Å². The fourth-order valence-corrected chi connectivity index (χ4v) is 4.89. The Morgan fingerprint density at radius 2 is 2.17 bits per heavy atom. The van der Waals surface area contributed by atoms with Gasteiger partial charge in [0.2, 0.25) is 5.16 Å². The third-order valence-electron chi connectivity index (χ3n) is 3.50. The van der Waals surface area contributed by atoms with E-state index in [1.807, 2.05) is 6.07 Å². The SMILES string of the molecule is Cc1sc2ncnc(Sc3nnnn3Cc3cccs3)c2c1C. The molecular formula is C14H12N6S3. The molecule has 4 aromatic heterocycles. The van der Waals surface area contributed by atoms with Crippen LogP contribution in [0.25, 0.3) is 10.2 Å². The van der Waals surface area contributed by atoms with Gasteiger partial charge in [-0.25, -0.2) is 14.6 Å². The highest BCUT2D eigenvalue weighted by molar-refractivity contribution is 7.99. The van der Waals surface area contributed by atoms with E-state index in [0.717, 1.165) is 20.4 Å². The Morgan fingerprint density at radius 1 is 1.26 bits per heavy atom. The van der Waals surface area contributed by atoms with Crippen molar-refractivity contribution in [3.63, 3.8) is 0 Å². The first-order chi connectivity index (χ1) is 11.2. The molecule has 0 aliphatic heterocycles. The van der Waals surface area contributed by atoms with Gasteiger partial charge in [-0.3, -0.25) is 0 Å². The van der Waals surface area contributed by atoms with Crippen molar-refractivity contribution in [2.45, 2.75) is 30.6 Å². The van der Waals surface area contributed by atoms with Crippen LogP contribution in [0.1, 0.15) is 15.3 Å². The van der Waals surface area contributed by atoms with E-state index in [0.29, 0.717) is 6.54 Å². The van der Waals surface area contributed by atoms with Crippen LogP contribution in [-0.2, 0) is 6.54 Å². The first-order valence-electron chi connectivity index (χ1n) is 6.89. The smallest absolute Gasteiger partial charge is 0.215 e. The number of hydrogen-bond donors (Lipinski definition) is 0. The summed E-state index contributed by atoms with van der Waals surface area (Å²) in [4.78, 5) is 12.3. The van der Waals surface area contributed by atoms with Crippen molar-refractivity contribution >= 4 is 44.7 Å². The summed E-state index contributed by atoms with van der Waals surface area (Å²) in [7, 11) is 0. The largest absolute Gasteiger partial charge is 0.229 e. The Bertz CT molecular complexity index is 956. The minimum atomic E-state index is 0.670. The molecule has 9 heteroatoms.